The molecule has 0 saturated heterocycles. The van der Waals surface area contributed by atoms with E-state index in [9.17, 15) is 5.11 Å². The van der Waals surface area contributed by atoms with Gasteiger partial charge in [0.1, 0.15) is 0 Å². The van der Waals surface area contributed by atoms with Gasteiger partial charge < -0.3 is 15.7 Å². The molecule has 3 heteroatoms. The van der Waals surface area contributed by atoms with Gasteiger partial charge in [0.2, 0.25) is 0 Å². The molecule has 0 aliphatic heterocycles. The van der Waals surface area contributed by atoms with Gasteiger partial charge in [-0.25, -0.2) is 0 Å². The number of benzene rings is 1. The Kier molecular flexibility index (Phi) is 5.29. The highest BCUT2D eigenvalue weighted by Crippen LogP contribution is 2.25. The monoisotopic (exact) mass is 236 g/mol. The smallest absolute Gasteiger partial charge is 0.0606 e. The minimum atomic E-state index is 0.181. The van der Waals surface area contributed by atoms with E-state index in [2.05, 4.69) is 31.7 Å². The van der Waals surface area contributed by atoms with Crippen molar-refractivity contribution in [2.75, 3.05) is 23.8 Å². The maximum Gasteiger partial charge on any atom is 0.0606 e. The molecular formula is C14H24N2O. The number of aliphatic hydroxyl groups excluding tert-OH is 1. The molecule has 0 aliphatic carbocycles. The Morgan fingerprint density at radius 1 is 1.29 bits per heavy atom. The number of nitrogens with two attached hydrogens (primary N) is 1. The number of hydrogen-bond donors (Lipinski definition) is 2. The summed E-state index contributed by atoms with van der Waals surface area (Å²) in [5, 5.41) is 9.22. The molecule has 0 aromatic heterocycles. The van der Waals surface area contributed by atoms with Gasteiger partial charge in [-0.15, -0.1) is 0 Å². The quantitative estimate of drug-likeness (QED) is 0.746. The molecule has 17 heavy (non-hydrogen) atoms. The maximum absolute atomic E-state index is 9.22. The lowest BCUT2D eigenvalue weighted by Gasteiger charge is -2.33. The fourth-order valence-corrected chi connectivity index (χ4v) is 2.34. The van der Waals surface area contributed by atoms with Crippen molar-refractivity contribution in [3.63, 3.8) is 0 Å². The molecule has 0 atom stereocenters. The molecule has 0 spiro atoms. The van der Waals surface area contributed by atoms with Crippen LogP contribution in [-0.4, -0.2) is 24.3 Å². The van der Waals surface area contributed by atoms with Gasteiger partial charge in [0, 0.05) is 24.0 Å². The Morgan fingerprint density at radius 3 is 2.41 bits per heavy atom. The second-order valence-electron chi connectivity index (χ2n) is 4.43. The van der Waals surface area contributed by atoms with Crippen LogP contribution < -0.4 is 10.6 Å². The van der Waals surface area contributed by atoms with Crippen molar-refractivity contribution in [3.05, 3.63) is 23.8 Å². The van der Waals surface area contributed by atoms with E-state index in [-0.39, 0.29) is 6.61 Å². The molecule has 0 aliphatic rings. The first-order valence-corrected chi connectivity index (χ1v) is 6.37. The Morgan fingerprint density at radius 2 is 1.94 bits per heavy atom. The van der Waals surface area contributed by atoms with E-state index >= 15 is 0 Å². The van der Waals surface area contributed by atoms with Crippen molar-refractivity contribution in [1.82, 2.24) is 0 Å². The second kappa shape index (κ2) is 6.50. The van der Waals surface area contributed by atoms with E-state index < -0.39 is 0 Å². The molecule has 0 unspecified atom stereocenters. The molecule has 3 nitrogen and oxygen atoms in total. The van der Waals surface area contributed by atoms with E-state index in [0.717, 1.165) is 18.5 Å². The number of hydrogen-bond acceptors (Lipinski definition) is 3. The first-order valence-electron chi connectivity index (χ1n) is 6.37. The Labute approximate surface area is 104 Å². The fraction of sp³-hybridized carbons (Fsp3) is 0.571. The van der Waals surface area contributed by atoms with Crippen LogP contribution in [0.3, 0.4) is 0 Å². The lowest BCUT2D eigenvalue weighted by Crippen LogP contribution is -2.37. The fourth-order valence-electron chi connectivity index (χ4n) is 2.34. The summed E-state index contributed by atoms with van der Waals surface area (Å²) < 4.78 is 0. The van der Waals surface area contributed by atoms with Gasteiger partial charge >= 0.3 is 0 Å². The van der Waals surface area contributed by atoms with Crippen molar-refractivity contribution in [1.29, 1.82) is 0 Å². The molecule has 1 rings (SSSR count). The Hall–Kier alpha value is -1.22. The minimum Gasteiger partial charge on any atom is -0.399 e. The maximum atomic E-state index is 9.22. The number of rotatable bonds is 6. The van der Waals surface area contributed by atoms with Crippen LogP contribution in [0, 0.1) is 6.92 Å². The average Bonchev–Trinajstić information content (AvgIpc) is 2.30. The van der Waals surface area contributed by atoms with E-state index in [4.69, 9.17) is 5.73 Å². The van der Waals surface area contributed by atoms with Crippen LogP contribution in [0.2, 0.25) is 0 Å². The number of anilines is 2. The summed E-state index contributed by atoms with van der Waals surface area (Å²) in [5.74, 6) is 0. The highest BCUT2D eigenvalue weighted by molar-refractivity contribution is 5.59. The number of nitrogen functional groups attached to an aromatic ring is 1. The van der Waals surface area contributed by atoms with E-state index in [1.807, 2.05) is 12.1 Å². The molecule has 0 saturated carbocycles. The van der Waals surface area contributed by atoms with Crippen molar-refractivity contribution < 1.29 is 5.11 Å². The molecule has 0 bridgehead atoms. The zero-order chi connectivity index (χ0) is 12.8. The SMILES string of the molecule is CCC(CC)N(CCO)c1ccc(N)cc1C. The normalized spacial score (nSPS) is 10.9. The van der Waals surface area contributed by atoms with Crippen LogP contribution >= 0.6 is 0 Å². The summed E-state index contributed by atoms with van der Waals surface area (Å²) in [6.07, 6.45) is 2.17. The Bertz CT molecular complexity index is 348. The average molecular weight is 236 g/mol. The van der Waals surface area contributed by atoms with E-state index in [1.54, 1.807) is 0 Å². The summed E-state index contributed by atoms with van der Waals surface area (Å²) in [5.41, 5.74) is 8.92. The summed E-state index contributed by atoms with van der Waals surface area (Å²) >= 11 is 0. The number of aliphatic hydroxyl groups is 1. The molecule has 0 amide bonds. The summed E-state index contributed by atoms with van der Waals surface area (Å²) in [7, 11) is 0. The van der Waals surface area contributed by atoms with Crippen LogP contribution in [0.1, 0.15) is 32.3 Å². The van der Waals surface area contributed by atoms with E-state index in [0.29, 0.717) is 12.6 Å². The topological polar surface area (TPSA) is 49.5 Å². The van der Waals surface area contributed by atoms with Gasteiger partial charge in [-0.1, -0.05) is 13.8 Å². The van der Waals surface area contributed by atoms with Crippen molar-refractivity contribution in [3.8, 4) is 0 Å². The zero-order valence-corrected chi connectivity index (χ0v) is 11.1. The van der Waals surface area contributed by atoms with Crippen LogP contribution in [0.25, 0.3) is 0 Å². The van der Waals surface area contributed by atoms with Crippen molar-refractivity contribution in [2.45, 2.75) is 39.7 Å². The molecular weight excluding hydrogens is 212 g/mol. The van der Waals surface area contributed by atoms with Gasteiger partial charge in [0.25, 0.3) is 0 Å². The molecule has 3 N–H and O–H groups in total. The highest BCUT2D eigenvalue weighted by atomic mass is 16.3. The summed E-state index contributed by atoms with van der Waals surface area (Å²) in [6.45, 7) is 7.30. The van der Waals surface area contributed by atoms with Gasteiger partial charge in [-0.05, 0) is 43.5 Å². The predicted octanol–water partition coefficient (Wildman–Crippen LogP) is 2.56. The largest absolute Gasteiger partial charge is 0.399 e. The van der Waals surface area contributed by atoms with E-state index in [1.165, 1.54) is 11.3 Å². The van der Waals surface area contributed by atoms with Crippen molar-refractivity contribution >= 4 is 11.4 Å². The van der Waals surface area contributed by atoms with Gasteiger partial charge in [-0.2, -0.15) is 0 Å². The van der Waals surface area contributed by atoms with Gasteiger partial charge in [0.15, 0.2) is 0 Å². The molecule has 1 aromatic carbocycles. The second-order valence-corrected chi connectivity index (χ2v) is 4.43. The summed E-state index contributed by atoms with van der Waals surface area (Å²) in [6, 6.07) is 6.44. The number of aryl methyl sites for hydroxylation is 1. The van der Waals surface area contributed by atoms with Crippen LogP contribution in [0.4, 0.5) is 11.4 Å². The third-order valence-corrected chi connectivity index (χ3v) is 3.25. The van der Waals surface area contributed by atoms with Gasteiger partial charge in [0.05, 0.1) is 6.61 Å². The first-order chi connectivity index (χ1) is 8.13. The van der Waals surface area contributed by atoms with Gasteiger partial charge in [-0.3, -0.25) is 0 Å². The van der Waals surface area contributed by atoms with Crippen LogP contribution in [-0.2, 0) is 0 Å². The predicted molar refractivity (Wildman–Crippen MR) is 74.4 cm³/mol. The number of nitrogens with zero attached hydrogens (tertiary/aromatic N) is 1. The molecule has 0 radical (unpaired) electrons. The Balaban J connectivity index is 3.03. The van der Waals surface area contributed by atoms with Crippen LogP contribution in [0.5, 0.6) is 0 Å². The van der Waals surface area contributed by atoms with Crippen molar-refractivity contribution in [2.24, 2.45) is 0 Å². The molecule has 0 heterocycles. The summed E-state index contributed by atoms with van der Waals surface area (Å²) in [4.78, 5) is 2.29. The highest BCUT2D eigenvalue weighted by Gasteiger charge is 2.16. The lowest BCUT2D eigenvalue weighted by molar-refractivity contribution is 0.296. The zero-order valence-electron chi connectivity index (χ0n) is 11.1. The third kappa shape index (κ3) is 3.37. The molecule has 96 valence electrons. The standard InChI is InChI=1S/C14H24N2O/c1-4-13(5-2)16(8-9-17)14-7-6-12(15)10-11(14)3/h6-7,10,13,17H,4-5,8-9,15H2,1-3H3. The minimum absolute atomic E-state index is 0.181. The van der Waals surface area contributed by atoms with Crippen LogP contribution in [0.15, 0.2) is 18.2 Å². The first kappa shape index (κ1) is 13.8. The lowest BCUT2D eigenvalue weighted by atomic mass is 10.1. The molecule has 0 fully saturated rings. The third-order valence-electron chi connectivity index (χ3n) is 3.25. The molecule has 1 aromatic rings.